The van der Waals surface area contributed by atoms with E-state index in [1.165, 1.54) is 29.2 Å². The molecular formula is C22H15ClF3N3O2S. The molecule has 164 valence electrons. The third kappa shape index (κ3) is 4.89. The molecule has 3 amide bonds. The first-order chi connectivity index (χ1) is 15.2. The van der Waals surface area contributed by atoms with Crippen molar-refractivity contribution in [3.05, 3.63) is 77.4 Å². The SMILES string of the molecule is O=C1CN(Cc2ccnc(-c3ccccc3Cl)c2)C(=O)N1c1ccc(SC(F)(F)F)cc1. The Bertz CT molecular complexity index is 1170. The Balaban J connectivity index is 1.50. The van der Waals surface area contributed by atoms with Gasteiger partial charge in [0.1, 0.15) is 6.54 Å². The molecule has 10 heteroatoms. The number of pyridine rings is 1. The van der Waals surface area contributed by atoms with Crippen LogP contribution in [-0.2, 0) is 11.3 Å². The van der Waals surface area contributed by atoms with Crippen LogP contribution in [-0.4, -0.2) is 33.9 Å². The van der Waals surface area contributed by atoms with E-state index in [2.05, 4.69) is 4.98 Å². The molecule has 32 heavy (non-hydrogen) atoms. The molecule has 0 unspecified atom stereocenters. The summed E-state index contributed by atoms with van der Waals surface area (Å²) in [6.45, 7) is 0.0324. The van der Waals surface area contributed by atoms with Gasteiger partial charge in [-0.1, -0.05) is 29.8 Å². The maximum Gasteiger partial charge on any atom is 0.446 e. The van der Waals surface area contributed by atoms with E-state index in [4.69, 9.17) is 11.6 Å². The lowest BCUT2D eigenvalue weighted by Crippen LogP contribution is -2.32. The average Bonchev–Trinajstić information content (AvgIpc) is 3.01. The van der Waals surface area contributed by atoms with Crippen molar-refractivity contribution in [3.63, 3.8) is 0 Å². The molecule has 0 spiro atoms. The van der Waals surface area contributed by atoms with Crippen molar-refractivity contribution in [2.24, 2.45) is 0 Å². The standard InChI is InChI=1S/C22H15ClF3N3O2S/c23-18-4-2-1-3-17(18)19-11-14(9-10-27-19)12-28-13-20(30)29(21(28)31)15-5-7-16(8-6-15)32-22(24,25)26/h1-11H,12-13H2. The molecule has 0 atom stereocenters. The molecule has 0 aliphatic carbocycles. The molecule has 5 nitrogen and oxygen atoms in total. The summed E-state index contributed by atoms with van der Waals surface area (Å²) in [5.41, 5.74) is -2.04. The fourth-order valence-electron chi connectivity index (χ4n) is 3.33. The summed E-state index contributed by atoms with van der Waals surface area (Å²) >= 11 is 5.98. The Labute approximate surface area is 190 Å². The van der Waals surface area contributed by atoms with Crippen molar-refractivity contribution < 1.29 is 22.8 Å². The molecule has 0 N–H and O–H groups in total. The average molecular weight is 478 g/mol. The fraction of sp³-hybridized carbons (Fsp3) is 0.136. The third-order valence-electron chi connectivity index (χ3n) is 4.71. The predicted octanol–water partition coefficient (Wildman–Crippen LogP) is 5.98. The van der Waals surface area contributed by atoms with E-state index in [1.54, 1.807) is 24.4 Å². The van der Waals surface area contributed by atoms with E-state index in [0.717, 1.165) is 16.0 Å². The van der Waals surface area contributed by atoms with Gasteiger partial charge in [-0.05, 0) is 59.8 Å². The van der Waals surface area contributed by atoms with E-state index in [9.17, 15) is 22.8 Å². The number of carbonyl (C=O) groups excluding carboxylic acids is 2. The number of nitrogens with zero attached hydrogens (tertiary/aromatic N) is 3. The largest absolute Gasteiger partial charge is 0.446 e. The monoisotopic (exact) mass is 477 g/mol. The Kier molecular flexibility index (Phi) is 6.12. The van der Waals surface area contributed by atoms with E-state index < -0.39 is 17.4 Å². The molecule has 1 aromatic heterocycles. The second kappa shape index (κ2) is 8.84. The summed E-state index contributed by atoms with van der Waals surface area (Å²) < 4.78 is 37.5. The zero-order chi connectivity index (χ0) is 22.9. The van der Waals surface area contributed by atoms with Crippen LogP contribution < -0.4 is 4.90 Å². The second-order valence-corrected chi connectivity index (χ2v) is 8.48. The second-order valence-electron chi connectivity index (χ2n) is 6.94. The van der Waals surface area contributed by atoms with E-state index >= 15 is 0 Å². The van der Waals surface area contributed by atoms with Gasteiger partial charge < -0.3 is 4.90 Å². The lowest BCUT2D eigenvalue weighted by molar-refractivity contribution is -0.116. The highest BCUT2D eigenvalue weighted by molar-refractivity contribution is 8.00. The molecule has 0 radical (unpaired) electrons. The van der Waals surface area contributed by atoms with Gasteiger partial charge in [0.15, 0.2) is 0 Å². The number of imide groups is 1. The molecule has 2 aromatic carbocycles. The van der Waals surface area contributed by atoms with Gasteiger partial charge in [0, 0.05) is 28.2 Å². The van der Waals surface area contributed by atoms with Crippen molar-refractivity contribution in [3.8, 4) is 11.3 Å². The van der Waals surface area contributed by atoms with Crippen LogP contribution in [0, 0.1) is 0 Å². The maximum absolute atomic E-state index is 12.9. The van der Waals surface area contributed by atoms with Crippen LogP contribution in [0.1, 0.15) is 5.56 Å². The van der Waals surface area contributed by atoms with Gasteiger partial charge in [-0.2, -0.15) is 13.2 Å². The van der Waals surface area contributed by atoms with E-state index in [-0.39, 0.29) is 35.4 Å². The molecule has 0 saturated carbocycles. The summed E-state index contributed by atoms with van der Waals surface area (Å²) in [5.74, 6) is -0.452. The van der Waals surface area contributed by atoms with Gasteiger partial charge in [-0.15, -0.1) is 0 Å². The Morgan fingerprint density at radius 1 is 1.03 bits per heavy atom. The van der Waals surface area contributed by atoms with E-state index in [1.807, 2.05) is 18.2 Å². The number of aromatic nitrogens is 1. The van der Waals surface area contributed by atoms with Crippen LogP contribution in [0.5, 0.6) is 0 Å². The molecule has 0 bridgehead atoms. The van der Waals surface area contributed by atoms with Crippen LogP contribution >= 0.6 is 23.4 Å². The highest BCUT2D eigenvalue weighted by atomic mass is 35.5. The minimum absolute atomic E-state index is 0.0268. The summed E-state index contributed by atoms with van der Waals surface area (Å²) in [7, 11) is 0. The van der Waals surface area contributed by atoms with Gasteiger partial charge in [0.25, 0.3) is 5.91 Å². The summed E-state index contributed by atoms with van der Waals surface area (Å²) in [6.07, 6.45) is 1.60. The van der Waals surface area contributed by atoms with Crippen molar-refractivity contribution in [2.45, 2.75) is 16.9 Å². The van der Waals surface area contributed by atoms with Crippen LogP contribution in [0.15, 0.2) is 71.8 Å². The number of alkyl halides is 3. The first kappa shape index (κ1) is 22.2. The highest BCUT2D eigenvalue weighted by Gasteiger charge is 2.37. The predicted molar refractivity (Wildman–Crippen MR) is 116 cm³/mol. The first-order valence-corrected chi connectivity index (χ1v) is 10.6. The number of amides is 3. The number of thioether (sulfide) groups is 1. The lowest BCUT2D eigenvalue weighted by Gasteiger charge is -2.18. The van der Waals surface area contributed by atoms with Gasteiger partial charge >= 0.3 is 11.5 Å². The van der Waals surface area contributed by atoms with Crippen LogP contribution in [0.4, 0.5) is 23.7 Å². The van der Waals surface area contributed by atoms with Gasteiger partial charge in [-0.25, -0.2) is 9.69 Å². The van der Waals surface area contributed by atoms with Crippen LogP contribution in [0.2, 0.25) is 5.02 Å². The van der Waals surface area contributed by atoms with Crippen molar-refractivity contribution in [1.29, 1.82) is 0 Å². The van der Waals surface area contributed by atoms with Crippen LogP contribution in [0.3, 0.4) is 0 Å². The number of benzene rings is 2. The number of hydrogen-bond donors (Lipinski definition) is 0. The Hall–Kier alpha value is -3.04. The third-order valence-corrected chi connectivity index (χ3v) is 5.78. The van der Waals surface area contributed by atoms with E-state index in [0.29, 0.717) is 10.7 Å². The van der Waals surface area contributed by atoms with Gasteiger partial charge in [0.2, 0.25) is 0 Å². The summed E-state index contributed by atoms with van der Waals surface area (Å²) in [4.78, 5) is 32.0. The van der Waals surface area contributed by atoms with Crippen molar-refractivity contribution in [2.75, 3.05) is 11.4 Å². The summed E-state index contributed by atoms with van der Waals surface area (Å²) in [6, 6.07) is 15.4. The van der Waals surface area contributed by atoms with Crippen LogP contribution in [0.25, 0.3) is 11.3 Å². The fourth-order valence-corrected chi connectivity index (χ4v) is 4.11. The lowest BCUT2D eigenvalue weighted by atomic mass is 10.1. The zero-order valence-electron chi connectivity index (χ0n) is 16.3. The molecule has 4 rings (SSSR count). The minimum Gasteiger partial charge on any atom is -0.310 e. The molecule has 1 saturated heterocycles. The number of hydrogen-bond acceptors (Lipinski definition) is 4. The van der Waals surface area contributed by atoms with Crippen molar-refractivity contribution in [1.82, 2.24) is 9.88 Å². The number of urea groups is 1. The molecule has 2 heterocycles. The minimum atomic E-state index is -4.41. The quantitative estimate of drug-likeness (QED) is 0.335. The molecule has 1 aliphatic heterocycles. The Morgan fingerprint density at radius 3 is 2.44 bits per heavy atom. The van der Waals surface area contributed by atoms with Crippen molar-refractivity contribution >= 4 is 41.0 Å². The highest BCUT2D eigenvalue weighted by Crippen LogP contribution is 2.37. The molecule has 3 aromatic rings. The topological polar surface area (TPSA) is 53.5 Å². The Morgan fingerprint density at radius 2 is 1.75 bits per heavy atom. The van der Waals surface area contributed by atoms with Gasteiger partial charge in [-0.3, -0.25) is 9.78 Å². The zero-order valence-corrected chi connectivity index (χ0v) is 17.9. The molecule has 1 fully saturated rings. The maximum atomic E-state index is 12.9. The van der Waals surface area contributed by atoms with Gasteiger partial charge in [0.05, 0.1) is 11.4 Å². The molecular weight excluding hydrogens is 463 g/mol. The summed E-state index contributed by atoms with van der Waals surface area (Å²) in [5, 5.41) is 0.544. The first-order valence-electron chi connectivity index (χ1n) is 9.39. The number of anilines is 1. The normalized spacial score (nSPS) is 14.4. The smallest absolute Gasteiger partial charge is 0.310 e. The molecule has 1 aliphatic rings. The number of rotatable bonds is 5. The number of carbonyl (C=O) groups is 2. The number of halogens is 4.